The average molecular weight is 361 g/mol. The molecule has 2 rings (SSSR count). The molecule has 0 saturated heterocycles. The third-order valence-electron chi connectivity index (χ3n) is 3.20. The van der Waals surface area contributed by atoms with Crippen molar-refractivity contribution in [2.75, 3.05) is 13.2 Å². The lowest BCUT2D eigenvalue weighted by atomic mass is 10.1. The van der Waals surface area contributed by atoms with Crippen molar-refractivity contribution in [3.05, 3.63) is 35.7 Å². The lowest BCUT2D eigenvalue weighted by Crippen LogP contribution is -2.17. The van der Waals surface area contributed by atoms with E-state index < -0.39 is 19.4 Å². The summed E-state index contributed by atoms with van der Waals surface area (Å²) in [6.07, 6.45) is -4.30. The number of aromatic nitrogens is 2. The van der Waals surface area contributed by atoms with Crippen molar-refractivity contribution in [3.8, 4) is 11.4 Å². The van der Waals surface area contributed by atoms with Crippen LogP contribution in [0, 0.1) is 5.92 Å². The van der Waals surface area contributed by atoms with Crippen molar-refractivity contribution in [3.63, 3.8) is 0 Å². The predicted molar refractivity (Wildman–Crippen MR) is 84.8 cm³/mol. The fraction of sp³-hybridized carbons (Fsp3) is 0.467. The van der Waals surface area contributed by atoms with Crippen LogP contribution >= 0.6 is 7.29 Å². The van der Waals surface area contributed by atoms with Crippen LogP contribution in [-0.4, -0.2) is 23.4 Å². The number of nitrogens with one attached hydrogen (secondary N) is 1. The van der Waals surface area contributed by atoms with Crippen LogP contribution in [0.4, 0.5) is 13.2 Å². The normalized spacial score (nSPS) is 14.8. The molecule has 0 aliphatic carbocycles. The Morgan fingerprint density at radius 1 is 1.25 bits per heavy atom. The van der Waals surface area contributed by atoms with E-state index >= 15 is 0 Å². The molecular weight excluding hydrogens is 342 g/mol. The fourth-order valence-electron chi connectivity index (χ4n) is 2.00. The monoisotopic (exact) mass is 361 g/mol. The second-order valence-corrected chi connectivity index (χ2v) is 8.97. The lowest BCUT2D eigenvalue weighted by molar-refractivity contribution is -0.159. The maximum absolute atomic E-state index is 12.5. The van der Waals surface area contributed by atoms with E-state index in [-0.39, 0.29) is 5.82 Å². The first-order valence-electron chi connectivity index (χ1n) is 7.39. The van der Waals surface area contributed by atoms with Crippen molar-refractivity contribution >= 4 is 7.29 Å². The average Bonchev–Trinajstić information content (AvgIpc) is 2.96. The molecule has 2 aromatic rings. The Kier molecular flexibility index (Phi) is 5.50. The first kappa shape index (κ1) is 18.7. The number of rotatable bonds is 6. The third kappa shape index (κ3) is 5.18. The molecular formula is C15H19F3N3O2P. The SMILES string of the molecule is CC(C)CNP(C)(=O)Cc1ccc(-c2noc(C(F)(F)F)n2)cc1. The molecule has 132 valence electrons. The van der Waals surface area contributed by atoms with Crippen LogP contribution < -0.4 is 5.09 Å². The predicted octanol–water partition coefficient (Wildman–Crippen LogP) is 4.41. The minimum absolute atomic E-state index is 0.133. The zero-order chi connectivity index (χ0) is 18.0. The lowest BCUT2D eigenvalue weighted by Gasteiger charge is -2.16. The molecule has 1 aromatic heterocycles. The number of nitrogens with zero attached hydrogens (tertiary/aromatic N) is 2. The maximum atomic E-state index is 12.5. The zero-order valence-corrected chi connectivity index (χ0v) is 14.5. The van der Waals surface area contributed by atoms with E-state index in [0.29, 0.717) is 24.2 Å². The topological polar surface area (TPSA) is 68.0 Å². The van der Waals surface area contributed by atoms with Crippen molar-refractivity contribution in [1.82, 2.24) is 15.2 Å². The Bertz CT molecular complexity index is 726. The second-order valence-electron chi connectivity index (χ2n) is 6.13. The second kappa shape index (κ2) is 7.07. The van der Waals surface area contributed by atoms with Crippen molar-refractivity contribution in [2.45, 2.75) is 26.2 Å². The van der Waals surface area contributed by atoms with Gasteiger partial charge < -0.3 is 9.09 Å². The van der Waals surface area contributed by atoms with Gasteiger partial charge in [-0.3, -0.25) is 5.09 Å². The standard InChI is InChI=1S/C15H19F3N3O2P/c1-10(2)8-19-24(3,22)9-11-4-6-12(7-5-11)13-20-14(23-21-13)15(16,17)18/h4-7,10H,8-9H2,1-3H3,(H,19,22). The highest BCUT2D eigenvalue weighted by molar-refractivity contribution is 7.60. The molecule has 1 atom stereocenters. The molecule has 9 heteroatoms. The molecule has 0 saturated carbocycles. The van der Waals surface area contributed by atoms with Gasteiger partial charge in [-0.2, -0.15) is 18.2 Å². The number of hydrogen-bond donors (Lipinski definition) is 1. The van der Waals surface area contributed by atoms with E-state index in [0.717, 1.165) is 5.56 Å². The Morgan fingerprint density at radius 3 is 2.38 bits per heavy atom. The molecule has 0 bridgehead atoms. The molecule has 0 aliphatic rings. The number of hydrogen-bond acceptors (Lipinski definition) is 4. The molecule has 1 N–H and O–H groups in total. The molecule has 1 unspecified atom stereocenters. The fourth-order valence-corrected chi connectivity index (χ4v) is 3.77. The van der Waals surface area contributed by atoms with Gasteiger partial charge in [-0.05, 0) is 11.5 Å². The van der Waals surface area contributed by atoms with Crippen molar-refractivity contribution < 1.29 is 22.3 Å². The van der Waals surface area contributed by atoms with E-state index in [9.17, 15) is 17.7 Å². The van der Waals surface area contributed by atoms with Crippen LogP contribution in [-0.2, 0) is 16.9 Å². The van der Waals surface area contributed by atoms with Crippen LogP contribution in [0.5, 0.6) is 0 Å². The summed E-state index contributed by atoms with van der Waals surface area (Å²) >= 11 is 0. The van der Waals surface area contributed by atoms with Gasteiger partial charge in [0.05, 0.1) is 0 Å². The third-order valence-corrected chi connectivity index (χ3v) is 5.02. The summed E-state index contributed by atoms with van der Waals surface area (Å²) < 4.78 is 54.1. The largest absolute Gasteiger partial charge is 0.471 e. The summed E-state index contributed by atoms with van der Waals surface area (Å²) in [6, 6.07) is 6.57. The van der Waals surface area contributed by atoms with Gasteiger partial charge in [-0.1, -0.05) is 43.3 Å². The summed E-state index contributed by atoms with van der Waals surface area (Å²) in [5.41, 5.74) is 1.22. The van der Waals surface area contributed by atoms with Crippen molar-refractivity contribution in [2.24, 2.45) is 5.92 Å². The molecule has 0 fully saturated rings. The van der Waals surface area contributed by atoms with E-state index in [1.54, 1.807) is 30.9 Å². The first-order chi connectivity index (χ1) is 11.1. The quantitative estimate of drug-likeness (QED) is 0.772. The smallest absolute Gasteiger partial charge is 0.329 e. The van der Waals surface area contributed by atoms with Gasteiger partial charge in [0.25, 0.3) is 0 Å². The summed E-state index contributed by atoms with van der Waals surface area (Å²) in [5, 5.41) is 6.40. The molecule has 0 aliphatic heterocycles. The Balaban J connectivity index is 2.08. The van der Waals surface area contributed by atoms with Gasteiger partial charge in [0.1, 0.15) is 7.29 Å². The number of alkyl halides is 3. The summed E-state index contributed by atoms with van der Waals surface area (Å²) in [6.45, 7) is 6.40. The molecule has 1 aromatic carbocycles. The van der Waals surface area contributed by atoms with Gasteiger partial charge in [0.2, 0.25) is 5.82 Å². The van der Waals surface area contributed by atoms with E-state index in [4.69, 9.17) is 0 Å². The van der Waals surface area contributed by atoms with Gasteiger partial charge in [0, 0.05) is 24.9 Å². The Labute approximate surface area is 138 Å². The summed E-state index contributed by atoms with van der Waals surface area (Å²) in [7, 11) is -2.52. The Hall–Kier alpha value is -1.66. The first-order valence-corrected chi connectivity index (χ1v) is 9.72. The molecule has 1 heterocycles. The van der Waals surface area contributed by atoms with Gasteiger partial charge >= 0.3 is 12.1 Å². The molecule has 0 amide bonds. The molecule has 5 nitrogen and oxygen atoms in total. The van der Waals surface area contributed by atoms with Gasteiger partial charge in [-0.25, -0.2) is 0 Å². The van der Waals surface area contributed by atoms with Crippen LogP contribution in [0.2, 0.25) is 0 Å². The highest BCUT2D eigenvalue weighted by Crippen LogP contribution is 2.40. The van der Waals surface area contributed by atoms with Crippen LogP contribution in [0.15, 0.2) is 28.8 Å². The van der Waals surface area contributed by atoms with E-state index in [2.05, 4.69) is 19.8 Å². The van der Waals surface area contributed by atoms with Crippen LogP contribution in [0.25, 0.3) is 11.4 Å². The molecule has 24 heavy (non-hydrogen) atoms. The van der Waals surface area contributed by atoms with Gasteiger partial charge in [-0.15, -0.1) is 0 Å². The van der Waals surface area contributed by atoms with E-state index in [1.807, 2.05) is 13.8 Å². The molecule has 0 spiro atoms. The van der Waals surface area contributed by atoms with Gasteiger partial charge in [0.15, 0.2) is 0 Å². The van der Waals surface area contributed by atoms with Crippen molar-refractivity contribution in [1.29, 1.82) is 0 Å². The zero-order valence-electron chi connectivity index (χ0n) is 13.6. The Morgan fingerprint density at radius 2 is 1.88 bits per heavy atom. The summed E-state index contributed by atoms with van der Waals surface area (Å²) in [4.78, 5) is 3.33. The maximum Gasteiger partial charge on any atom is 0.471 e. The van der Waals surface area contributed by atoms with Crippen LogP contribution in [0.3, 0.4) is 0 Å². The van der Waals surface area contributed by atoms with E-state index in [1.165, 1.54) is 0 Å². The highest BCUT2D eigenvalue weighted by Gasteiger charge is 2.38. The minimum atomic E-state index is -4.66. The minimum Gasteiger partial charge on any atom is -0.329 e. The number of benzene rings is 1. The number of halogens is 3. The highest BCUT2D eigenvalue weighted by atomic mass is 31.2. The van der Waals surface area contributed by atoms with Crippen LogP contribution in [0.1, 0.15) is 25.3 Å². The molecule has 0 radical (unpaired) electrons. The summed E-state index contributed by atoms with van der Waals surface area (Å²) in [5.74, 6) is -1.12.